The Hall–Kier alpha value is -0.0800. The summed E-state index contributed by atoms with van der Waals surface area (Å²) in [6.07, 6.45) is 7.26. The van der Waals surface area contributed by atoms with Gasteiger partial charge in [-0.25, -0.2) is 0 Å². The van der Waals surface area contributed by atoms with Crippen LogP contribution < -0.4 is 0 Å². The SMILES string of the molecule is CC1CCCC1N1CC2CCCN2CC1C. The van der Waals surface area contributed by atoms with Gasteiger partial charge >= 0.3 is 0 Å². The Morgan fingerprint density at radius 3 is 2.56 bits per heavy atom. The molecule has 3 aliphatic rings. The number of hydrogen-bond acceptors (Lipinski definition) is 2. The van der Waals surface area contributed by atoms with Gasteiger partial charge in [-0.15, -0.1) is 0 Å². The third-order valence-electron chi connectivity index (χ3n) is 5.23. The van der Waals surface area contributed by atoms with E-state index in [1.807, 2.05) is 0 Å². The molecule has 3 rings (SSSR count). The van der Waals surface area contributed by atoms with Crippen LogP contribution in [0.4, 0.5) is 0 Å². The Labute approximate surface area is 100.0 Å². The molecule has 0 spiro atoms. The van der Waals surface area contributed by atoms with Gasteiger partial charge in [-0.05, 0) is 45.1 Å². The first kappa shape index (κ1) is 11.0. The molecule has 0 aromatic carbocycles. The second-order valence-corrected chi connectivity index (χ2v) is 6.31. The Balaban J connectivity index is 1.70. The first-order chi connectivity index (χ1) is 7.75. The Bertz CT molecular complexity index is 253. The van der Waals surface area contributed by atoms with E-state index in [2.05, 4.69) is 23.6 Å². The number of piperazine rings is 1. The summed E-state index contributed by atoms with van der Waals surface area (Å²) < 4.78 is 0. The third-order valence-corrected chi connectivity index (χ3v) is 5.23. The van der Waals surface area contributed by atoms with Gasteiger partial charge in [0.25, 0.3) is 0 Å². The van der Waals surface area contributed by atoms with Crippen molar-refractivity contribution in [2.75, 3.05) is 19.6 Å². The van der Waals surface area contributed by atoms with E-state index in [-0.39, 0.29) is 0 Å². The third kappa shape index (κ3) is 1.80. The predicted molar refractivity (Wildman–Crippen MR) is 67.6 cm³/mol. The van der Waals surface area contributed by atoms with Crippen LogP contribution in [0.15, 0.2) is 0 Å². The topological polar surface area (TPSA) is 6.48 Å². The van der Waals surface area contributed by atoms with Crippen molar-refractivity contribution in [3.8, 4) is 0 Å². The number of fused-ring (bicyclic) bond motifs is 1. The lowest BCUT2D eigenvalue weighted by Gasteiger charge is -2.46. The Morgan fingerprint density at radius 2 is 1.81 bits per heavy atom. The average Bonchev–Trinajstić information content (AvgIpc) is 2.85. The molecule has 2 heteroatoms. The second-order valence-electron chi connectivity index (χ2n) is 6.31. The molecule has 0 aromatic rings. The molecule has 3 fully saturated rings. The lowest BCUT2D eigenvalue weighted by molar-refractivity contribution is 0.0181. The monoisotopic (exact) mass is 222 g/mol. The first-order valence-corrected chi connectivity index (χ1v) is 7.25. The van der Waals surface area contributed by atoms with Crippen molar-refractivity contribution >= 4 is 0 Å². The van der Waals surface area contributed by atoms with Gasteiger partial charge in [-0.3, -0.25) is 9.80 Å². The van der Waals surface area contributed by atoms with Crippen LogP contribution in [0.1, 0.15) is 46.0 Å². The number of hydrogen-bond donors (Lipinski definition) is 0. The van der Waals surface area contributed by atoms with E-state index in [9.17, 15) is 0 Å². The largest absolute Gasteiger partial charge is 0.298 e. The summed E-state index contributed by atoms with van der Waals surface area (Å²) in [5.41, 5.74) is 0. The van der Waals surface area contributed by atoms with Gasteiger partial charge in [-0.1, -0.05) is 13.3 Å². The molecule has 2 saturated heterocycles. The summed E-state index contributed by atoms with van der Waals surface area (Å²) >= 11 is 0. The number of nitrogens with zero attached hydrogens (tertiary/aromatic N) is 2. The van der Waals surface area contributed by atoms with Crippen LogP contribution in [0.3, 0.4) is 0 Å². The molecule has 16 heavy (non-hydrogen) atoms. The van der Waals surface area contributed by atoms with Gasteiger partial charge in [0.1, 0.15) is 0 Å². The highest BCUT2D eigenvalue weighted by Crippen LogP contribution is 2.34. The minimum atomic E-state index is 0.792. The van der Waals surface area contributed by atoms with Crippen molar-refractivity contribution in [3.63, 3.8) is 0 Å². The average molecular weight is 222 g/mol. The second kappa shape index (κ2) is 4.30. The standard InChI is InChI=1S/C14H26N2/c1-11-5-3-7-14(11)16-10-13-6-4-8-15(13)9-12(16)2/h11-14H,3-10H2,1-2H3. The highest BCUT2D eigenvalue weighted by atomic mass is 15.3. The minimum absolute atomic E-state index is 0.792. The fourth-order valence-corrected chi connectivity index (χ4v) is 4.29. The molecule has 2 aliphatic heterocycles. The number of rotatable bonds is 1. The van der Waals surface area contributed by atoms with E-state index >= 15 is 0 Å². The lowest BCUT2D eigenvalue weighted by atomic mass is 9.99. The van der Waals surface area contributed by atoms with Gasteiger partial charge in [-0.2, -0.15) is 0 Å². The van der Waals surface area contributed by atoms with Crippen molar-refractivity contribution in [2.45, 2.75) is 64.1 Å². The van der Waals surface area contributed by atoms with Gasteiger partial charge in [0.05, 0.1) is 0 Å². The fraction of sp³-hybridized carbons (Fsp3) is 1.00. The molecule has 4 unspecified atom stereocenters. The van der Waals surface area contributed by atoms with Crippen molar-refractivity contribution in [1.82, 2.24) is 9.80 Å². The highest BCUT2D eigenvalue weighted by Gasteiger charge is 2.39. The van der Waals surface area contributed by atoms with Gasteiger partial charge in [0.2, 0.25) is 0 Å². The Morgan fingerprint density at radius 1 is 0.938 bits per heavy atom. The van der Waals surface area contributed by atoms with Crippen molar-refractivity contribution < 1.29 is 0 Å². The maximum absolute atomic E-state index is 2.85. The Kier molecular flexibility index (Phi) is 2.97. The summed E-state index contributed by atoms with van der Waals surface area (Å²) in [7, 11) is 0. The van der Waals surface area contributed by atoms with E-state index < -0.39 is 0 Å². The quantitative estimate of drug-likeness (QED) is 0.672. The van der Waals surface area contributed by atoms with Crippen molar-refractivity contribution in [2.24, 2.45) is 5.92 Å². The maximum atomic E-state index is 2.85. The van der Waals surface area contributed by atoms with Crippen LogP contribution in [-0.2, 0) is 0 Å². The minimum Gasteiger partial charge on any atom is -0.298 e. The summed E-state index contributed by atoms with van der Waals surface area (Å²) in [5, 5.41) is 0. The summed E-state index contributed by atoms with van der Waals surface area (Å²) in [4.78, 5) is 5.59. The zero-order chi connectivity index (χ0) is 11.1. The maximum Gasteiger partial charge on any atom is 0.0224 e. The molecule has 2 nitrogen and oxygen atoms in total. The fourth-order valence-electron chi connectivity index (χ4n) is 4.29. The zero-order valence-electron chi connectivity index (χ0n) is 10.9. The van der Waals surface area contributed by atoms with Gasteiger partial charge in [0, 0.05) is 31.2 Å². The van der Waals surface area contributed by atoms with Crippen LogP contribution in [0.5, 0.6) is 0 Å². The van der Waals surface area contributed by atoms with Crippen LogP contribution >= 0.6 is 0 Å². The van der Waals surface area contributed by atoms with E-state index in [0.717, 1.165) is 24.0 Å². The van der Waals surface area contributed by atoms with E-state index in [0.29, 0.717) is 0 Å². The van der Waals surface area contributed by atoms with Crippen molar-refractivity contribution in [3.05, 3.63) is 0 Å². The molecule has 0 N–H and O–H groups in total. The van der Waals surface area contributed by atoms with E-state index in [1.165, 1.54) is 51.7 Å². The lowest BCUT2D eigenvalue weighted by Crippen LogP contribution is -2.58. The van der Waals surface area contributed by atoms with Gasteiger partial charge in [0.15, 0.2) is 0 Å². The normalized spacial score (nSPS) is 46.1. The van der Waals surface area contributed by atoms with E-state index in [4.69, 9.17) is 0 Å². The molecule has 0 amide bonds. The molecule has 92 valence electrons. The van der Waals surface area contributed by atoms with E-state index in [1.54, 1.807) is 0 Å². The molecule has 4 atom stereocenters. The summed E-state index contributed by atoms with van der Waals surface area (Å²) in [6, 6.07) is 2.58. The summed E-state index contributed by atoms with van der Waals surface area (Å²) in [5.74, 6) is 0.940. The zero-order valence-corrected chi connectivity index (χ0v) is 10.9. The predicted octanol–water partition coefficient (Wildman–Crippen LogP) is 2.34. The summed E-state index contributed by atoms with van der Waals surface area (Å²) in [6.45, 7) is 8.96. The molecular weight excluding hydrogens is 196 g/mol. The molecule has 2 heterocycles. The van der Waals surface area contributed by atoms with Crippen LogP contribution in [0.2, 0.25) is 0 Å². The first-order valence-electron chi connectivity index (χ1n) is 7.25. The van der Waals surface area contributed by atoms with Gasteiger partial charge < -0.3 is 0 Å². The highest BCUT2D eigenvalue weighted by molar-refractivity contribution is 4.95. The molecule has 0 radical (unpaired) electrons. The molecule has 1 aliphatic carbocycles. The van der Waals surface area contributed by atoms with Crippen LogP contribution in [0, 0.1) is 5.92 Å². The van der Waals surface area contributed by atoms with Crippen LogP contribution in [0.25, 0.3) is 0 Å². The molecular formula is C14H26N2. The molecule has 0 aromatic heterocycles. The smallest absolute Gasteiger partial charge is 0.0224 e. The molecule has 1 saturated carbocycles. The van der Waals surface area contributed by atoms with Crippen LogP contribution in [-0.4, -0.2) is 47.6 Å². The van der Waals surface area contributed by atoms with Crippen molar-refractivity contribution in [1.29, 1.82) is 0 Å². The molecule has 0 bridgehead atoms.